The molecule has 9 nitrogen and oxygen atoms in total. The quantitative estimate of drug-likeness (QED) is 0.0195. The predicted octanol–water partition coefficient (Wildman–Crippen LogP) is 20.5. The van der Waals surface area contributed by atoms with Gasteiger partial charge in [0.2, 0.25) is 0 Å². The number of phosphoric ester groups is 1. The van der Waals surface area contributed by atoms with Crippen LogP contribution in [0.1, 0.15) is 219 Å². The molecule has 0 rings (SSSR count). The zero-order chi connectivity index (χ0) is 61.2. The van der Waals surface area contributed by atoms with Gasteiger partial charge in [-0.25, -0.2) is 0 Å². The Hall–Kier alpha value is -4.89. The van der Waals surface area contributed by atoms with E-state index < -0.39 is 32.5 Å². The molecular formula is C74H118NO8P. The molecule has 2 unspecified atom stereocenters. The van der Waals surface area contributed by atoms with Gasteiger partial charge in [0.25, 0.3) is 7.82 Å². The van der Waals surface area contributed by atoms with Crippen molar-refractivity contribution in [2.24, 2.45) is 0 Å². The van der Waals surface area contributed by atoms with Gasteiger partial charge in [-0.15, -0.1) is 0 Å². The molecule has 0 radical (unpaired) electrons. The molecular weight excluding hydrogens is 1060 g/mol. The van der Waals surface area contributed by atoms with Crippen LogP contribution in [0.3, 0.4) is 0 Å². The smallest absolute Gasteiger partial charge is 0.306 e. The molecule has 2 atom stereocenters. The summed E-state index contributed by atoms with van der Waals surface area (Å²) in [6, 6.07) is 0. The van der Waals surface area contributed by atoms with Gasteiger partial charge in [0.15, 0.2) is 6.10 Å². The fourth-order valence-corrected chi connectivity index (χ4v) is 8.74. The Balaban J connectivity index is 4.26. The average molecular weight is 1180 g/mol. The molecule has 0 aromatic heterocycles. The zero-order valence-corrected chi connectivity index (χ0v) is 54.4. The molecule has 10 heteroatoms. The van der Waals surface area contributed by atoms with E-state index in [-0.39, 0.29) is 26.1 Å². The Morgan fingerprint density at radius 1 is 0.369 bits per heavy atom. The Labute approximate surface area is 514 Å². The Bertz CT molecular complexity index is 2070. The van der Waals surface area contributed by atoms with Gasteiger partial charge in [-0.05, 0) is 128 Å². The third-order valence-electron chi connectivity index (χ3n) is 12.9. The van der Waals surface area contributed by atoms with Crippen LogP contribution in [0.25, 0.3) is 0 Å². The first-order valence-electron chi connectivity index (χ1n) is 32.5. The van der Waals surface area contributed by atoms with Crippen molar-refractivity contribution in [3.8, 4) is 0 Å². The first-order valence-corrected chi connectivity index (χ1v) is 34.0. The first kappa shape index (κ1) is 79.1. The molecule has 0 aliphatic carbocycles. The fraction of sp³-hybridized carbons (Fsp3) is 0.568. The van der Waals surface area contributed by atoms with E-state index in [1.54, 1.807) is 0 Å². The van der Waals surface area contributed by atoms with Crippen LogP contribution < -0.4 is 4.89 Å². The van der Waals surface area contributed by atoms with Crippen molar-refractivity contribution >= 4 is 19.8 Å². The van der Waals surface area contributed by atoms with E-state index in [1.165, 1.54) is 57.8 Å². The number of phosphoric acid groups is 1. The van der Waals surface area contributed by atoms with Gasteiger partial charge in [-0.2, -0.15) is 0 Å². The van der Waals surface area contributed by atoms with Crippen LogP contribution in [0, 0.1) is 0 Å². The monoisotopic (exact) mass is 1180 g/mol. The van der Waals surface area contributed by atoms with Crippen molar-refractivity contribution in [3.63, 3.8) is 0 Å². The summed E-state index contributed by atoms with van der Waals surface area (Å²) in [6.07, 6.45) is 96.7. The second kappa shape index (κ2) is 62.6. The number of rotatable bonds is 57. The highest BCUT2D eigenvalue weighted by molar-refractivity contribution is 7.45. The van der Waals surface area contributed by atoms with Crippen LogP contribution in [0.2, 0.25) is 0 Å². The van der Waals surface area contributed by atoms with Crippen LogP contribution in [0.15, 0.2) is 182 Å². The number of esters is 2. The van der Waals surface area contributed by atoms with E-state index in [9.17, 15) is 19.0 Å². The van der Waals surface area contributed by atoms with E-state index in [0.29, 0.717) is 30.3 Å². The number of quaternary nitrogens is 1. The summed E-state index contributed by atoms with van der Waals surface area (Å²) in [5, 5.41) is 0. The normalized spacial score (nSPS) is 14.4. The van der Waals surface area contributed by atoms with Gasteiger partial charge in [0, 0.05) is 12.8 Å². The van der Waals surface area contributed by atoms with Crippen molar-refractivity contribution in [1.82, 2.24) is 0 Å². The second-order valence-corrected chi connectivity index (χ2v) is 23.4. The molecule has 472 valence electrons. The topological polar surface area (TPSA) is 111 Å². The minimum absolute atomic E-state index is 0.0525. The Kier molecular flexibility index (Phi) is 59.0. The summed E-state index contributed by atoms with van der Waals surface area (Å²) in [5.41, 5.74) is 0. The maximum absolute atomic E-state index is 12.8. The predicted molar refractivity (Wildman–Crippen MR) is 359 cm³/mol. The summed E-state index contributed by atoms with van der Waals surface area (Å²) < 4.78 is 34.2. The van der Waals surface area contributed by atoms with Gasteiger partial charge in [-0.1, -0.05) is 260 Å². The third kappa shape index (κ3) is 66.3. The zero-order valence-electron chi connectivity index (χ0n) is 53.5. The molecule has 0 N–H and O–H groups in total. The summed E-state index contributed by atoms with van der Waals surface area (Å²) in [5.74, 6) is -0.919. The van der Waals surface area contributed by atoms with Gasteiger partial charge >= 0.3 is 11.9 Å². The summed E-state index contributed by atoms with van der Waals surface area (Å²) in [7, 11) is 1.10. The Morgan fingerprint density at radius 2 is 0.655 bits per heavy atom. The highest BCUT2D eigenvalue weighted by Crippen LogP contribution is 2.38. The maximum Gasteiger partial charge on any atom is 0.306 e. The number of nitrogens with zero attached hydrogens (tertiary/aromatic N) is 1. The van der Waals surface area contributed by atoms with Crippen LogP contribution in [-0.2, 0) is 32.7 Å². The third-order valence-corrected chi connectivity index (χ3v) is 13.9. The standard InChI is InChI=1S/C74H118NO8P/c1-6-8-10-12-14-16-18-20-22-24-26-28-30-32-34-36-37-39-40-42-44-46-48-50-52-54-56-58-60-62-64-66-73(76)80-70-72(71-82-84(78,79)81-69-68-75(3,4)5)83-74(77)67-65-63-61-59-57-55-53-51-49-47-45-43-41-38-35-33-31-29-27-25-23-21-19-17-15-13-11-9-7-2/h8-11,14-17,20-23,26-29,32-35,37,39,41,43,47,49,53,55,59,61,72H,6-7,12-13,18-19,24-25,30-31,36,38,40,42,44-46,48,50-52,54,56-58,60,62-71H2,1-5H3/b10-8-,11-9-,16-14-,17-15-,22-20-,23-21-,28-26-,29-27-,34-32-,35-33-,39-37-,43-41-,49-47-,55-53-,61-59-. The summed E-state index contributed by atoms with van der Waals surface area (Å²) in [6.45, 7) is 3.92. The van der Waals surface area contributed by atoms with Crippen molar-refractivity contribution in [3.05, 3.63) is 182 Å². The maximum atomic E-state index is 12.8. The Morgan fingerprint density at radius 3 is 0.988 bits per heavy atom. The molecule has 0 heterocycles. The first-order chi connectivity index (χ1) is 41.0. The van der Waals surface area contributed by atoms with Crippen LogP contribution in [0.4, 0.5) is 0 Å². The lowest BCUT2D eigenvalue weighted by molar-refractivity contribution is -0.870. The molecule has 0 aliphatic heterocycles. The lowest BCUT2D eigenvalue weighted by Crippen LogP contribution is -2.37. The molecule has 0 fully saturated rings. The van der Waals surface area contributed by atoms with Gasteiger partial charge in [0.05, 0.1) is 27.7 Å². The van der Waals surface area contributed by atoms with Gasteiger partial charge < -0.3 is 27.9 Å². The number of likely N-dealkylation sites (N-methyl/N-ethyl adjacent to an activating group) is 1. The minimum atomic E-state index is -4.67. The van der Waals surface area contributed by atoms with Crippen molar-refractivity contribution in [2.45, 2.75) is 225 Å². The van der Waals surface area contributed by atoms with Gasteiger partial charge in [-0.3, -0.25) is 14.2 Å². The molecule has 0 aliphatic rings. The second-order valence-electron chi connectivity index (χ2n) is 22.0. The lowest BCUT2D eigenvalue weighted by atomic mass is 10.0. The van der Waals surface area contributed by atoms with Gasteiger partial charge in [0.1, 0.15) is 19.8 Å². The molecule has 0 spiro atoms. The number of hydrogen-bond donors (Lipinski definition) is 0. The van der Waals surface area contributed by atoms with Crippen LogP contribution >= 0.6 is 7.82 Å². The van der Waals surface area contributed by atoms with Crippen molar-refractivity contribution in [1.29, 1.82) is 0 Å². The average Bonchev–Trinajstić information content (AvgIpc) is 3.61. The fourth-order valence-electron chi connectivity index (χ4n) is 8.01. The summed E-state index contributed by atoms with van der Waals surface area (Å²) in [4.78, 5) is 38.0. The largest absolute Gasteiger partial charge is 0.756 e. The lowest BCUT2D eigenvalue weighted by Gasteiger charge is -2.28. The van der Waals surface area contributed by atoms with Crippen molar-refractivity contribution in [2.75, 3.05) is 47.5 Å². The number of carbonyl (C=O) groups excluding carboxylic acids is 2. The minimum Gasteiger partial charge on any atom is -0.756 e. The SMILES string of the molecule is CC/C=C\C/C=C\C/C=C\C/C=C\C/C=C\C/C=C\C/C=C\C/C=C\C/C=C\CCCC(=O)OC(COC(=O)CCCCCCCCCCCCCC/C=C\C/C=C\C/C=C\C/C=C\C/C=C\C/C=C\CC)COP(=O)([O-])OCC[N+](C)(C)C. The summed E-state index contributed by atoms with van der Waals surface area (Å²) >= 11 is 0. The number of hydrogen-bond acceptors (Lipinski definition) is 8. The highest BCUT2D eigenvalue weighted by atomic mass is 31.2. The van der Waals surface area contributed by atoms with E-state index in [0.717, 1.165) is 116 Å². The number of unbranched alkanes of at least 4 members (excludes halogenated alkanes) is 13. The van der Waals surface area contributed by atoms with E-state index >= 15 is 0 Å². The molecule has 0 aromatic rings. The molecule has 0 aromatic carbocycles. The number of carbonyl (C=O) groups is 2. The van der Waals surface area contributed by atoms with Crippen LogP contribution in [-0.4, -0.2) is 70.0 Å². The molecule has 0 bridgehead atoms. The molecule has 0 saturated heterocycles. The number of allylic oxidation sites excluding steroid dienone is 30. The van der Waals surface area contributed by atoms with Crippen molar-refractivity contribution < 1.29 is 42.1 Å². The van der Waals surface area contributed by atoms with E-state index in [4.69, 9.17) is 18.5 Å². The number of ether oxygens (including phenoxy) is 2. The van der Waals surface area contributed by atoms with Crippen LogP contribution in [0.5, 0.6) is 0 Å². The molecule has 0 amide bonds. The molecule has 84 heavy (non-hydrogen) atoms. The molecule has 0 saturated carbocycles. The van der Waals surface area contributed by atoms with E-state index in [2.05, 4.69) is 190 Å². The highest BCUT2D eigenvalue weighted by Gasteiger charge is 2.21. The van der Waals surface area contributed by atoms with E-state index in [1.807, 2.05) is 27.2 Å².